The number of carbonyl (C=O) groups is 2. The molecule has 0 spiro atoms. The summed E-state index contributed by atoms with van der Waals surface area (Å²) in [6.07, 6.45) is -0.225. The molecule has 1 heterocycles. The van der Waals surface area contributed by atoms with Crippen LogP contribution in [0.3, 0.4) is 0 Å². The van der Waals surface area contributed by atoms with Crippen LogP contribution in [0.1, 0.15) is 12.5 Å². The molecule has 1 aliphatic rings. The molecule has 78 valence electrons. The summed E-state index contributed by atoms with van der Waals surface area (Å²) >= 11 is 0. The van der Waals surface area contributed by atoms with Crippen LogP contribution in [0, 0.1) is 0 Å². The second-order valence-electron chi connectivity index (χ2n) is 3.80. The molecule has 0 radical (unpaired) electrons. The number of alkyl carbamates (subject to hydrolysis) is 1. The van der Waals surface area contributed by atoms with Crippen molar-refractivity contribution in [2.45, 2.75) is 18.9 Å². The molecule has 2 rings (SSSR count). The van der Waals surface area contributed by atoms with E-state index in [1.165, 1.54) is 0 Å². The maximum Gasteiger partial charge on any atom is 0.415 e. The second kappa shape index (κ2) is 3.38. The zero-order valence-corrected chi connectivity index (χ0v) is 8.32. The molecule has 1 aliphatic heterocycles. The number of esters is 1. The van der Waals surface area contributed by atoms with Gasteiger partial charge in [-0.25, -0.2) is 9.59 Å². The summed E-state index contributed by atoms with van der Waals surface area (Å²) in [4.78, 5) is 22.3. The van der Waals surface area contributed by atoms with Crippen LogP contribution in [0.4, 0.5) is 4.79 Å². The third-order valence-corrected chi connectivity index (χ3v) is 2.41. The van der Waals surface area contributed by atoms with Gasteiger partial charge in [-0.05, 0) is 12.5 Å². The summed E-state index contributed by atoms with van der Waals surface area (Å²) in [5, 5.41) is 2.52. The van der Waals surface area contributed by atoms with Crippen molar-refractivity contribution in [2.24, 2.45) is 0 Å². The smallest absolute Gasteiger partial charge is 0.374 e. The molecule has 1 amide bonds. The fourth-order valence-electron chi connectivity index (χ4n) is 1.62. The number of amides is 1. The molecule has 1 aromatic carbocycles. The fourth-order valence-corrected chi connectivity index (χ4v) is 1.62. The first-order chi connectivity index (χ1) is 7.10. The van der Waals surface area contributed by atoms with E-state index in [0.29, 0.717) is 6.42 Å². The summed E-state index contributed by atoms with van der Waals surface area (Å²) in [5.74, 6) is -0.517. The molecule has 1 aromatic rings. The lowest BCUT2D eigenvalue weighted by molar-refractivity contribution is -0.138. The summed E-state index contributed by atoms with van der Waals surface area (Å²) in [6, 6.07) is 9.49. The summed E-state index contributed by atoms with van der Waals surface area (Å²) in [6.45, 7) is 1.66. The molecule has 0 aromatic heterocycles. The van der Waals surface area contributed by atoms with Gasteiger partial charge < -0.3 is 10.1 Å². The van der Waals surface area contributed by atoms with Crippen LogP contribution in [0.2, 0.25) is 0 Å². The minimum Gasteiger partial charge on any atom is -0.374 e. The molecule has 4 heteroatoms. The lowest BCUT2D eigenvalue weighted by atomic mass is 9.94. The van der Waals surface area contributed by atoms with Gasteiger partial charge in [0.2, 0.25) is 0 Å². The Morgan fingerprint density at radius 3 is 2.47 bits per heavy atom. The highest BCUT2D eigenvalue weighted by molar-refractivity contribution is 5.98. The van der Waals surface area contributed by atoms with Gasteiger partial charge in [-0.3, -0.25) is 0 Å². The molecule has 1 atom stereocenters. The van der Waals surface area contributed by atoms with Gasteiger partial charge >= 0.3 is 12.1 Å². The van der Waals surface area contributed by atoms with Crippen LogP contribution >= 0.6 is 0 Å². The van der Waals surface area contributed by atoms with Crippen molar-refractivity contribution < 1.29 is 14.3 Å². The van der Waals surface area contributed by atoms with E-state index in [-0.39, 0.29) is 0 Å². The van der Waals surface area contributed by atoms with Gasteiger partial charge in [0.05, 0.1) is 0 Å². The van der Waals surface area contributed by atoms with Crippen LogP contribution in [0.15, 0.2) is 30.3 Å². The molecule has 0 bridgehead atoms. The molecule has 0 saturated carbocycles. The third-order valence-electron chi connectivity index (χ3n) is 2.41. The minimum atomic E-state index is -0.932. The van der Waals surface area contributed by atoms with E-state index < -0.39 is 17.6 Å². The zero-order chi connectivity index (χ0) is 10.9. The van der Waals surface area contributed by atoms with E-state index >= 15 is 0 Å². The van der Waals surface area contributed by atoms with Crippen molar-refractivity contribution in [3.05, 3.63) is 35.9 Å². The summed E-state index contributed by atoms with van der Waals surface area (Å²) in [7, 11) is 0. The Kier molecular flexibility index (Phi) is 2.19. The zero-order valence-electron chi connectivity index (χ0n) is 8.32. The average Bonchev–Trinajstić information content (AvgIpc) is 2.41. The first-order valence-electron chi connectivity index (χ1n) is 4.68. The van der Waals surface area contributed by atoms with E-state index in [1.54, 1.807) is 6.92 Å². The molecular formula is C11H11NO3. The number of benzene rings is 1. The van der Waals surface area contributed by atoms with Crippen molar-refractivity contribution >= 4 is 12.1 Å². The summed E-state index contributed by atoms with van der Waals surface area (Å²) in [5.41, 5.74) is 0.0532. The predicted molar refractivity (Wildman–Crippen MR) is 53.2 cm³/mol. The van der Waals surface area contributed by atoms with E-state index in [1.807, 2.05) is 30.3 Å². The van der Waals surface area contributed by atoms with E-state index in [4.69, 9.17) is 0 Å². The highest BCUT2D eigenvalue weighted by atomic mass is 16.6. The Balaban J connectivity index is 2.18. The van der Waals surface area contributed by atoms with Gasteiger partial charge in [-0.1, -0.05) is 30.3 Å². The van der Waals surface area contributed by atoms with Crippen LogP contribution in [-0.2, 0) is 16.0 Å². The molecule has 1 fully saturated rings. The van der Waals surface area contributed by atoms with Gasteiger partial charge in [0, 0.05) is 6.42 Å². The molecule has 0 unspecified atom stereocenters. The van der Waals surface area contributed by atoms with Gasteiger partial charge in [0.15, 0.2) is 0 Å². The Morgan fingerprint density at radius 1 is 1.27 bits per heavy atom. The number of rotatable bonds is 2. The normalized spacial score (nSPS) is 24.9. The van der Waals surface area contributed by atoms with Crippen LogP contribution in [-0.4, -0.2) is 17.6 Å². The maximum absolute atomic E-state index is 11.4. The number of carbonyl (C=O) groups excluding carboxylic acids is 2. The first kappa shape index (κ1) is 9.71. The van der Waals surface area contributed by atoms with Crippen molar-refractivity contribution in [1.29, 1.82) is 0 Å². The summed E-state index contributed by atoms with van der Waals surface area (Å²) < 4.78 is 4.46. The number of hydrogen-bond acceptors (Lipinski definition) is 3. The lowest BCUT2D eigenvalue weighted by Crippen LogP contribution is -2.45. The monoisotopic (exact) mass is 205 g/mol. The maximum atomic E-state index is 11.4. The molecular weight excluding hydrogens is 194 g/mol. The second-order valence-corrected chi connectivity index (χ2v) is 3.80. The fraction of sp³-hybridized carbons (Fsp3) is 0.273. The van der Waals surface area contributed by atoms with Gasteiger partial charge in [-0.2, -0.15) is 0 Å². The molecule has 1 N–H and O–H groups in total. The van der Waals surface area contributed by atoms with Crippen molar-refractivity contribution in [1.82, 2.24) is 5.32 Å². The van der Waals surface area contributed by atoms with Crippen LogP contribution in [0.25, 0.3) is 0 Å². The van der Waals surface area contributed by atoms with E-state index in [0.717, 1.165) is 5.56 Å². The molecule has 0 aliphatic carbocycles. The van der Waals surface area contributed by atoms with Crippen molar-refractivity contribution in [2.75, 3.05) is 0 Å². The van der Waals surface area contributed by atoms with Gasteiger partial charge in [0.25, 0.3) is 0 Å². The number of cyclic esters (lactones) is 2. The van der Waals surface area contributed by atoms with Crippen LogP contribution < -0.4 is 5.32 Å². The van der Waals surface area contributed by atoms with Crippen LogP contribution in [0.5, 0.6) is 0 Å². The Hall–Kier alpha value is -1.84. The highest BCUT2D eigenvalue weighted by Crippen LogP contribution is 2.19. The number of hydrogen-bond donors (Lipinski definition) is 1. The third kappa shape index (κ3) is 1.83. The lowest BCUT2D eigenvalue weighted by Gasteiger charge is -2.18. The largest absolute Gasteiger partial charge is 0.415 e. The highest BCUT2D eigenvalue weighted by Gasteiger charge is 2.44. The SMILES string of the molecule is C[C@@]1(Cc2ccccc2)NC(=O)OC1=O. The molecule has 4 nitrogen and oxygen atoms in total. The predicted octanol–water partition coefficient (Wildman–Crippen LogP) is 1.25. The van der Waals surface area contributed by atoms with E-state index in [9.17, 15) is 9.59 Å². The van der Waals surface area contributed by atoms with Crippen molar-refractivity contribution in [3.63, 3.8) is 0 Å². The van der Waals surface area contributed by atoms with E-state index in [2.05, 4.69) is 10.1 Å². The van der Waals surface area contributed by atoms with Gasteiger partial charge in [0.1, 0.15) is 5.54 Å². The first-order valence-corrected chi connectivity index (χ1v) is 4.68. The Labute approximate surface area is 87.2 Å². The molecule has 1 saturated heterocycles. The standard InChI is InChI=1S/C11H11NO3/c1-11(9(13)15-10(14)12-11)7-8-5-3-2-4-6-8/h2-6H,7H2,1H3,(H,12,14)/t11-/m0/s1. The number of nitrogens with one attached hydrogen (secondary N) is 1. The van der Waals surface area contributed by atoms with Gasteiger partial charge in [-0.15, -0.1) is 0 Å². The van der Waals surface area contributed by atoms with Crippen molar-refractivity contribution in [3.8, 4) is 0 Å². The Bertz CT molecular complexity index is 402. The quantitative estimate of drug-likeness (QED) is 0.584. The minimum absolute atomic E-state index is 0.443. The number of ether oxygens (including phenoxy) is 1. The Morgan fingerprint density at radius 2 is 1.93 bits per heavy atom. The average molecular weight is 205 g/mol. The topological polar surface area (TPSA) is 55.4 Å². The molecule has 15 heavy (non-hydrogen) atoms.